The van der Waals surface area contributed by atoms with Crippen LogP contribution >= 0.6 is 34.2 Å². The van der Waals surface area contributed by atoms with Gasteiger partial charge in [-0.3, -0.25) is 14.4 Å². The second-order valence-corrected chi connectivity index (χ2v) is 8.95. The summed E-state index contributed by atoms with van der Waals surface area (Å²) in [6.45, 7) is 2.02. The summed E-state index contributed by atoms with van der Waals surface area (Å²) in [5.74, 6) is -1.45. The summed E-state index contributed by atoms with van der Waals surface area (Å²) in [5.41, 5.74) is 3.03. The van der Waals surface area contributed by atoms with Crippen LogP contribution in [0.5, 0.6) is 0 Å². The molecule has 3 aromatic carbocycles. The van der Waals surface area contributed by atoms with Crippen LogP contribution in [-0.4, -0.2) is 17.7 Å². The van der Waals surface area contributed by atoms with Crippen LogP contribution in [0, 0.1) is 3.57 Å². The van der Waals surface area contributed by atoms with Crippen LogP contribution in [0.1, 0.15) is 22.8 Å². The zero-order valence-electron chi connectivity index (χ0n) is 17.6. The van der Waals surface area contributed by atoms with Crippen LogP contribution in [-0.2, 0) is 16.0 Å². The first-order valence-corrected chi connectivity index (χ1v) is 11.6. The highest BCUT2D eigenvalue weighted by Crippen LogP contribution is 2.30. The van der Waals surface area contributed by atoms with E-state index in [0.717, 1.165) is 20.5 Å². The maximum atomic E-state index is 13.0. The van der Waals surface area contributed by atoms with Crippen molar-refractivity contribution in [2.75, 3.05) is 15.5 Å². The Morgan fingerprint density at radius 1 is 0.939 bits per heavy atom. The molecule has 33 heavy (non-hydrogen) atoms. The average molecular weight is 572 g/mol. The number of halogens is 2. The zero-order valence-corrected chi connectivity index (χ0v) is 20.5. The van der Waals surface area contributed by atoms with E-state index in [1.54, 1.807) is 36.4 Å². The number of benzene rings is 3. The molecule has 4 rings (SSSR count). The third kappa shape index (κ3) is 4.94. The predicted octanol–water partition coefficient (Wildman–Crippen LogP) is 5.54. The fourth-order valence-electron chi connectivity index (χ4n) is 3.35. The van der Waals surface area contributed by atoms with Crippen molar-refractivity contribution >= 4 is 69.0 Å². The van der Waals surface area contributed by atoms with Crippen LogP contribution in [0.2, 0.25) is 0 Å². The quantitative estimate of drug-likeness (QED) is 0.301. The number of carbonyl (C=O) groups is 3. The number of amides is 3. The number of nitrogens with zero attached hydrogens (tertiary/aromatic N) is 1. The number of hydrogen-bond donors (Lipinski definition) is 2. The van der Waals surface area contributed by atoms with Gasteiger partial charge in [-0.1, -0.05) is 36.7 Å². The zero-order chi connectivity index (χ0) is 23.5. The fourth-order valence-corrected chi connectivity index (χ4v) is 3.92. The van der Waals surface area contributed by atoms with Gasteiger partial charge in [0, 0.05) is 20.5 Å². The van der Waals surface area contributed by atoms with E-state index >= 15 is 0 Å². The minimum atomic E-state index is -0.596. The highest BCUT2D eigenvalue weighted by Gasteiger charge is 2.38. The smallest absolute Gasteiger partial charge is 0.283 e. The van der Waals surface area contributed by atoms with Crippen molar-refractivity contribution in [3.05, 3.63) is 98.2 Å². The molecule has 0 saturated heterocycles. The first-order chi connectivity index (χ1) is 15.9. The molecule has 1 heterocycles. The highest BCUT2D eigenvalue weighted by molar-refractivity contribution is 14.1. The normalized spacial score (nSPS) is 13.5. The summed E-state index contributed by atoms with van der Waals surface area (Å²) in [6, 6.07) is 21.2. The topological polar surface area (TPSA) is 78.5 Å². The van der Waals surface area contributed by atoms with Gasteiger partial charge in [0.05, 0.1) is 5.69 Å². The average Bonchev–Trinajstić information content (AvgIpc) is 3.04. The van der Waals surface area contributed by atoms with Crippen molar-refractivity contribution < 1.29 is 14.4 Å². The van der Waals surface area contributed by atoms with Gasteiger partial charge in [-0.05, 0) is 89.2 Å². The molecule has 0 unspecified atom stereocenters. The molecule has 6 nitrogen and oxygen atoms in total. The number of aryl methyl sites for hydroxylation is 1. The van der Waals surface area contributed by atoms with Gasteiger partial charge in [-0.2, -0.15) is 0 Å². The largest absolute Gasteiger partial charge is 0.350 e. The summed E-state index contributed by atoms with van der Waals surface area (Å²) in [6.07, 6.45) is 0.849. The summed E-state index contributed by atoms with van der Waals surface area (Å²) < 4.78 is 1.06. The minimum Gasteiger partial charge on any atom is -0.350 e. The molecule has 0 aromatic heterocycles. The van der Waals surface area contributed by atoms with Gasteiger partial charge >= 0.3 is 0 Å². The Hall–Kier alpha value is -3.17. The molecule has 0 atom stereocenters. The monoisotopic (exact) mass is 571 g/mol. The maximum absolute atomic E-state index is 13.0. The number of carbonyl (C=O) groups excluding carboxylic acids is 3. The van der Waals surface area contributed by atoms with Gasteiger partial charge in [-0.25, -0.2) is 4.90 Å². The van der Waals surface area contributed by atoms with Crippen LogP contribution in [0.15, 0.2) is 83.5 Å². The van der Waals surface area contributed by atoms with Crippen molar-refractivity contribution in [1.82, 2.24) is 0 Å². The first-order valence-electron chi connectivity index (χ1n) is 10.2. The summed E-state index contributed by atoms with van der Waals surface area (Å²) >= 11 is 8.42. The van der Waals surface area contributed by atoms with E-state index in [2.05, 4.69) is 33.2 Å². The van der Waals surface area contributed by atoms with Crippen molar-refractivity contribution in [1.29, 1.82) is 0 Å². The van der Waals surface area contributed by atoms with Gasteiger partial charge in [-0.15, -0.1) is 0 Å². The molecule has 166 valence electrons. The van der Waals surface area contributed by atoms with Gasteiger partial charge in [0.25, 0.3) is 17.7 Å². The van der Waals surface area contributed by atoms with Gasteiger partial charge < -0.3 is 10.6 Å². The lowest BCUT2D eigenvalue weighted by Crippen LogP contribution is -2.32. The van der Waals surface area contributed by atoms with E-state index in [4.69, 9.17) is 11.6 Å². The molecule has 0 radical (unpaired) electrons. The van der Waals surface area contributed by atoms with Gasteiger partial charge in [0.15, 0.2) is 0 Å². The molecule has 8 heteroatoms. The van der Waals surface area contributed by atoms with E-state index in [1.807, 2.05) is 43.3 Å². The van der Waals surface area contributed by atoms with E-state index in [9.17, 15) is 14.4 Å². The molecule has 3 aromatic rings. The van der Waals surface area contributed by atoms with Crippen molar-refractivity contribution in [2.45, 2.75) is 13.3 Å². The third-order valence-corrected chi connectivity index (χ3v) is 6.20. The minimum absolute atomic E-state index is 0.0311. The lowest BCUT2D eigenvalue weighted by molar-refractivity contribution is -0.120. The molecule has 2 N–H and O–H groups in total. The Kier molecular flexibility index (Phi) is 6.80. The Morgan fingerprint density at radius 3 is 2.30 bits per heavy atom. The Balaban J connectivity index is 1.52. The van der Waals surface area contributed by atoms with E-state index in [-0.39, 0.29) is 16.6 Å². The Bertz CT molecular complexity index is 1270. The lowest BCUT2D eigenvalue weighted by atomic mass is 10.1. The molecule has 0 aliphatic carbocycles. The molecular weight excluding hydrogens is 553 g/mol. The summed E-state index contributed by atoms with van der Waals surface area (Å²) in [5, 5.41) is 5.55. The van der Waals surface area contributed by atoms with Crippen molar-refractivity contribution in [3.8, 4) is 0 Å². The standard InChI is InChI=1S/C25H19ClIN3O3/c1-2-15-6-12-20(13-7-15)30-24(32)21(26)22(25(30)33)28-19-5-3-4-16(14-19)23(31)29-18-10-8-17(27)9-11-18/h3-14,28H,2H2,1H3,(H,29,31). The van der Waals surface area contributed by atoms with Crippen LogP contribution in [0.3, 0.4) is 0 Å². The predicted molar refractivity (Wildman–Crippen MR) is 138 cm³/mol. The van der Waals surface area contributed by atoms with Crippen LogP contribution in [0.25, 0.3) is 0 Å². The first kappa shape index (κ1) is 23.0. The highest BCUT2D eigenvalue weighted by atomic mass is 127. The second kappa shape index (κ2) is 9.76. The Morgan fingerprint density at radius 2 is 1.64 bits per heavy atom. The molecular formula is C25H19ClIN3O3. The number of rotatable bonds is 6. The lowest BCUT2D eigenvalue weighted by Gasteiger charge is -2.15. The second-order valence-electron chi connectivity index (χ2n) is 7.32. The molecule has 1 aliphatic rings. The number of hydrogen-bond acceptors (Lipinski definition) is 4. The van der Waals surface area contributed by atoms with E-state index < -0.39 is 11.8 Å². The molecule has 0 fully saturated rings. The molecule has 0 saturated carbocycles. The molecule has 0 spiro atoms. The van der Waals surface area contributed by atoms with Crippen molar-refractivity contribution in [2.24, 2.45) is 0 Å². The molecule has 1 aliphatic heterocycles. The summed E-state index contributed by atoms with van der Waals surface area (Å²) in [7, 11) is 0. The number of nitrogens with one attached hydrogen (secondary N) is 2. The maximum Gasteiger partial charge on any atom is 0.283 e. The fraction of sp³-hybridized carbons (Fsp3) is 0.0800. The van der Waals surface area contributed by atoms with Crippen LogP contribution < -0.4 is 15.5 Å². The molecule has 0 bridgehead atoms. The van der Waals surface area contributed by atoms with Gasteiger partial charge in [0.2, 0.25) is 0 Å². The van der Waals surface area contributed by atoms with E-state index in [1.165, 1.54) is 0 Å². The molecule has 3 amide bonds. The Labute approximate surface area is 209 Å². The third-order valence-electron chi connectivity index (χ3n) is 5.13. The summed E-state index contributed by atoms with van der Waals surface area (Å²) in [4.78, 5) is 39.4. The SMILES string of the molecule is CCc1ccc(N2C(=O)C(Cl)=C(Nc3cccc(C(=O)Nc4ccc(I)cc4)c3)C2=O)cc1. The van der Waals surface area contributed by atoms with Crippen molar-refractivity contribution in [3.63, 3.8) is 0 Å². The van der Waals surface area contributed by atoms with Crippen LogP contribution in [0.4, 0.5) is 17.1 Å². The van der Waals surface area contributed by atoms with E-state index in [0.29, 0.717) is 22.6 Å². The number of imide groups is 1. The number of anilines is 3. The van der Waals surface area contributed by atoms with Gasteiger partial charge in [0.1, 0.15) is 10.7 Å².